The molecule has 0 bridgehead atoms. The Kier molecular flexibility index (Phi) is 3.66. The maximum absolute atomic E-state index is 12.2. The fourth-order valence-corrected chi connectivity index (χ4v) is 3.75. The SMILES string of the molecule is CC1(C)CCC(c2noc(C3CC(=O)N(c4cn[nH]c4)C3)n2)CC1. The molecule has 0 spiro atoms. The van der Waals surface area contributed by atoms with E-state index in [0.29, 0.717) is 30.2 Å². The Morgan fingerprint density at radius 2 is 2.08 bits per heavy atom. The number of hydrogen-bond donors (Lipinski definition) is 1. The fourth-order valence-electron chi connectivity index (χ4n) is 3.75. The summed E-state index contributed by atoms with van der Waals surface area (Å²) in [7, 11) is 0. The molecular formula is C17H23N5O2. The monoisotopic (exact) mass is 329 g/mol. The van der Waals surface area contributed by atoms with Crippen molar-refractivity contribution in [2.24, 2.45) is 5.41 Å². The zero-order chi connectivity index (χ0) is 16.7. The standard InChI is InChI=1S/C17H23N5O2/c1-17(2)5-3-11(4-6-17)15-20-16(24-21-15)12-7-14(23)22(10-12)13-8-18-19-9-13/h8-9,11-12H,3-7,10H2,1-2H3,(H,18,19). The Labute approximate surface area is 140 Å². The topological polar surface area (TPSA) is 87.9 Å². The average molecular weight is 329 g/mol. The summed E-state index contributed by atoms with van der Waals surface area (Å²) in [6.07, 6.45) is 8.39. The van der Waals surface area contributed by atoms with Crippen molar-refractivity contribution in [3.05, 3.63) is 24.1 Å². The van der Waals surface area contributed by atoms with Gasteiger partial charge in [0.1, 0.15) is 0 Å². The Bertz CT molecular complexity index is 711. The molecular weight excluding hydrogens is 306 g/mol. The Hall–Kier alpha value is -2.18. The van der Waals surface area contributed by atoms with Crippen molar-refractivity contribution in [1.82, 2.24) is 20.3 Å². The Morgan fingerprint density at radius 1 is 1.29 bits per heavy atom. The lowest BCUT2D eigenvalue weighted by Crippen LogP contribution is -2.23. The number of nitrogens with zero attached hydrogens (tertiary/aromatic N) is 4. The van der Waals surface area contributed by atoms with Crippen LogP contribution in [-0.2, 0) is 4.79 Å². The van der Waals surface area contributed by atoms with Crippen LogP contribution in [0.1, 0.15) is 69.5 Å². The van der Waals surface area contributed by atoms with E-state index in [2.05, 4.69) is 34.2 Å². The van der Waals surface area contributed by atoms with Gasteiger partial charge in [-0.3, -0.25) is 9.89 Å². The number of amides is 1. The maximum atomic E-state index is 12.2. The number of rotatable bonds is 3. The summed E-state index contributed by atoms with van der Waals surface area (Å²) < 4.78 is 5.50. The van der Waals surface area contributed by atoms with Crippen molar-refractivity contribution in [2.75, 3.05) is 11.4 Å². The molecule has 2 aromatic rings. The molecule has 4 rings (SSSR count). The molecule has 0 aromatic carbocycles. The molecule has 1 atom stereocenters. The van der Waals surface area contributed by atoms with Gasteiger partial charge in [-0.05, 0) is 31.1 Å². The number of carbonyl (C=O) groups is 1. The van der Waals surface area contributed by atoms with Gasteiger partial charge in [-0.15, -0.1) is 0 Å². The van der Waals surface area contributed by atoms with Gasteiger partial charge in [0.15, 0.2) is 5.82 Å². The van der Waals surface area contributed by atoms with E-state index in [1.807, 2.05) is 0 Å². The first-order valence-corrected chi connectivity index (χ1v) is 8.64. The molecule has 0 radical (unpaired) electrons. The predicted molar refractivity (Wildman–Crippen MR) is 87.6 cm³/mol. The first kappa shape index (κ1) is 15.4. The highest BCUT2D eigenvalue weighted by Crippen LogP contribution is 2.42. The zero-order valence-electron chi connectivity index (χ0n) is 14.2. The summed E-state index contributed by atoms with van der Waals surface area (Å²) in [6.45, 7) is 5.20. The van der Waals surface area contributed by atoms with Crippen molar-refractivity contribution in [3.8, 4) is 0 Å². The highest BCUT2D eigenvalue weighted by Gasteiger charge is 2.36. The molecule has 1 aliphatic heterocycles. The van der Waals surface area contributed by atoms with Crippen LogP contribution in [-0.4, -0.2) is 32.8 Å². The minimum Gasteiger partial charge on any atom is -0.339 e. The van der Waals surface area contributed by atoms with Crippen molar-refractivity contribution >= 4 is 11.6 Å². The van der Waals surface area contributed by atoms with E-state index in [1.165, 1.54) is 12.8 Å². The molecule has 3 heterocycles. The quantitative estimate of drug-likeness (QED) is 0.935. The van der Waals surface area contributed by atoms with Crippen molar-refractivity contribution in [2.45, 2.75) is 57.8 Å². The van der Waals surface area contributed by atoms with Crippen LogP contribution in [0.25, 0.3) is 0 Å². The molecule has 7 heteroatoms. The summed E-state index contributed by atoms with van der Waals surface area (Å²) in [6, 6.07) is 0. The normalized spacial score (nSPS) is 24.7. The van der Waals surface area contributed by atoms with Crippen molar-refractivity contribution < 1.29 is 9.32 Å². The van der Waals surface area contributed by atoms with Crippen molar-refractivity contribution in [3.63, 3.8) is 0 Å². The highest BCUT2D eigenvalue weighted by atomic mass is 16.5. The van der Waals surface area contributed by atoms with Crippen LogP contribution in [0.2, 0.25) is 0 Å². The van der Waals surface area contributed by atoms with Crippen LogP contribution >= 0.6 is 0 Å². The highest BCUT2D eigenvalue weighted by molar-refractivity contribution is 5.96. The molecule has 1 saturated heterocycles. The smallest absolute Gasteiger partial charge is 0.232 e. The van der Waals surface area contributed by atoms with Gasteiger partial charge in [-0.1, -0.05) is 19.0 Å². The second kappa shape index (κ2) is 5.72. The molecule has 2 aliphatic rings. The predicted octanol–water partition coefficient (Wildman–Crippen LogP) is 3.00. The van der Waals surface area contributed by atoms with Gasteiger partial charge in [0, 0.05) is 25.1 Å². The van der Waals surface area contributed by atoms with Crippen LogP contribution < -0.4 is 4.90 Å². The van der Waals surface area contributed by atoms with Crippen molar-refractivity contribution in [1.29, 1.82) is 0 Å². The molecule has 1 saturated carbocycles. The second-order valence-electron chi connectivity index (χ2n) is 7.79. The van der Waals surface area contributed by atoms with Gasteiger partial charge in [-0.25, -0.2) is 0 Å². The van der Waals surface area contributed by atoms with E-state index in [-0.39, 0.29) is 11.8 Å². The summed E-state index contributed by atoms with van der Waals surface area (Å²) in [5.74, 6) is 1.83. The number of aromatic nitrogens is 4. The fraction of sp³-hybridized carbons (Fsp3) is 0.647. The summed E-state index contributed by atoms with van der Waals surface area (Å²) in [5.41, 5.74) is 1.21. The van der Waals surface area contributed by atoms with E-state index >= 15 is 0 Å². The number of aromatic amines is 1. The summed E-state index contributed by atoms with van der Waals surface area (Å²) in [5, 5.41) is 10.9. The maximum Gasteiger partial charge on any atom is 0.232 e. The lowest BCUT2D eigenvalue weighted by atomic mass is 9.73. The first-order valence-electron chi connectivity index (χ1n) is 8.64. The van der Waals surface area contributed by atoms with E-state index in [4.69, 9.17) is 4.52 Å². The van der Waals surface area contributed by atoms with Gasteiger partial charge in [0.25, 0.3) is 0 Å². The van der Waals surface area contributed by atoms with Crippen LogP contribution in [0.4, 0.5) is 5.69 Å². The number of nitrogens with one attached hydrogen (secondary N) is 1. The van der Waals surface area contributed by atoms with Gasteiger partial charge < -0.3 is 9.42 Å². The van der Waals surface area contributed by atoms with Gasteiger partial charge in [0.2, 0.25) is 11.8 Å². The van der Waals surface area contributed by atoms with E-state index in [9.17, 15) is 4.79 Å². The van der Waals surface area contributed by atoms with Gasteiger partial charge in [-0.2, -0.15) is 10.1 Å². The number of hydrogen-bond acceptors (Lipinski definition) is 5. The largest absolute Gasteiger partial charge is 0.339 e. The third-order valence-corrected chi connectivity index (χ3v) is 5.43. The second-order valence-corrected chi connectivity index (χ2v) is 7.79. The van der Waals surface area contributed by atoms with E-state index in [0.717, 1.165) is 24.4 Å². The van der Waals surface area contributed by atoms with Gasteiger partial charge in [0.05, 0.1) is 17.8 Å². The average Bonchev–Trinajstić information content (AvgIpc) is 3.26. The molecule has 1 unspecified atom stereocenters. The van der Waals surface area contributed by atoms with E-state index in [1.54, 1.807) is 17.3 Å². The summed E-state index contributed by atoms with van der Waals surface area (Å²) >= 11 is 0. The molecule has 1 aliphatic carbocycles. The minimum atomic E-state index is -0.0336. The van der Waals surface area contributed by atoms with Crippen LogP contribution in [0.15, 0.2) is 16.9 Å². The molecule has 1 N–H and O–H groups in total. The number of carbonyl (C=O) groups excluding carboxylic acids is 1. The third kappa shape index (κ3) is 2.83. The molecule has 1 amide bonds. The lowest BCUT2D eigenvalue weighted by Gasteiger charge is -2.32. The molecule has 24 heavy (non-hydrogen) atoms. The summed E-state index contributed by atoms with van der Waals surface area (Å²) in [4.78, 5) is 18.6. The van der Waals surface area contributed by atoms with Crippen LogP contribution in [0.3, 0.4) is 0 Å². The number of anilines is 1. The third-order valence-electron chi connectivity index (χ3n) is 5.43. The lowest BCUT2D eigenvalue weighted by molar-refractivity contribution is -0.117. The minimum absolute atomic E-state index is 0.0336. The van der Waals surface area contributed by atoms with Crippen LogP contribution in [0, 0.1) is 5.41 Å². The first-order chi connectivity index (χ1) is 11.5. The Morgan fingerprint density at radius 3 is 2.79 bits per heavy atom. The molecule has 2 aromatic heterocycles. The van der Waals surface area contributed by atoms with Crippen LogP contribution in [0.5, 0.6) is 0 Å². The zero-order valence-corrected chi connectivity index (χ0v) is 14.2. The van der Waals surface area contributed by atoms with E-state index < -0.39 is 0 Å². The molecule has 2 fully saturated rings. The van der Waals surface area contributed by atoms with Gasteiger partial charge >= 0.3 is 0 Å². The molecule has 128 valence electrons. The molecule has 7 nitrogen and oxygen atoms in total. The number of H-pyrrole nitrogens is 1. The Balaban J connectivity index is 1.45.